The van der Waals surface area contributed by atoms with Crippen LogP contribution in [0.4, 0.5) is 4.79 Å². The van der Waals surface area contributed by atoms with Crippen LogP contribution in [0.25, 0.3) is 0 Å². The minimum absolute atomic E-state index is 0.0557. The number of methoxy groups -OCH3 is 3. The van der Waals surface area contributed by atoms with Gasteiger partial charge in [-0.25, -0.2) is 18.0 Å². The number of amides is 2. The summed E-state index contributed by atoms with van der Waals surface area (Å²) in [4.78, 5) is 24.9. The zero-order valence-electron chi connectivity index (χ0n) is 17.5. The molecule has 2 N–H and O–H groups in total. The molecule has 170 valence electrons. The maximum absolute atomic E-state index is 13.3. The summed E-state index contributed by atoms with van der Waals surface area (Å²) in [5.74, 6) is -1.09. The Labute approximate surface area is 190 Å². The van der Waals surface area contributed by atoms with Gasteiger partial charge in [0.25, 0.3) is 0 Å². The van der Waals surface area contributed by atoms with Gasteiger partial charge in [0, 0.05) is 16.8 Å². The molecule has 1 atom stereocenters. The molecule has 1 heterocycles. The number of hydrogen-bond acceptors (Lipinski definition) is 7. The molecule has 0 radical (unpaired) electrons. The number of ether oxygens (including phenoxy) is 3. The molecule has 0 saturated heterocycles. The Morgan fingerprint density at radius 1 is 1.09 bits per heavy atom. The van der Waals surface area contributed by atoms with Crippen molar-refractivity contribution in [3.63, 3.8) is 0 Å². The van der Waals surface area contributed by atoms with E-state index in [1.807, 2.05) is 0 Å². The number of rotatable bonds is 7. The lowest BCUT2D eigenvalue weighted by Gasteiger charge is -2.29. The highest BCUT2D eigenvalue weighted by molar-refractivity contribution is 7.91. The smallest absolute Gasteiger partial charge is 0.338 e. The van der Waals surface area contributed by atoms with E-state index < -0.39 is 33.6 Å². The first-order chi connectivity index (χ1) is 15.2. The Hall–Kier alpha value is -3.24. The van der Waals surface area contributed by atoms with E-state index in [-0.39, 0.29) is 21.9 Å². The number of carbonyl (C=O) groups excluding carboxylic acids is 2. The Kier molecular flexibility index (Phi) is 6.95. The Morgan fingerprint density at radius 3 is 2.47 bits per heavy atom. The zero-order valence-corrected chi connectivity index (χ0v) is 19.0. The predicted molar refractivity (Wildman–Crippen MR) is 117 cm³/mol. The summed E-state index contributed by atoms with van der Waals surface area (Å²) in [5.41, 5.74) is 0.317. The molecule has 11 heteroatoms. The van der Waals surface area contributed by atoms with Gasteiger partial charge in [-0.2, -0.15) is 0 Å². The van der Waals surface area contributed by atoms with Crippen molar-refractivity contribution in [3.8, 4) is 11.5 Å². The van der Waals surface area contributed by atoms with E-state index in [4.69, 9.17) is 25.8 Å². The fourth-order valence-corrected chi connectivity index (χ4v) is 5.03. The summed E-state index contributed by atoms with van der Waals surface area (Å²) >= 11 is 6.06. The Balaban J connectivity index is 2.14. The van der Waals surface area contributed by atoms with Crippen molar-refractivity contribution in [2.24, 2.45) is 0 Å². The number of sulfone groups is 1. The van der Waals surface area contributed by atoms with Gasteiger partial charge in [0.05, 0.1) is 38.7 Å². The number of carbonyl (C=O) groups is 2. The summed E-state index contributed by atoms with van der Waals surface area (Å²) in [5, 5.41) is 5.43. The summed E-state index contributed by atoms with van der Waals surface area (Å²) in [6, 6.07) is 9.19. The van der Waals surface area contributed by atoms with Crippen molar-refractivity contribution in [2.75, 3.05) is 27.1 Å². The molecule has 0 bridgehead atoms. The normalized spacial score (nSPS) is 16.1. The molecule has 32 heavy (non-hydrogen) atoms. The van der Waals surface area contributed by atoms with Gasteiger partial charge in [-0.3, -0.25) is 0 Å². The quantitative estimate of drug-likeness (QED) is 0.584. The second kappa shape index (κ2) is 9.49. The van der Waals surface area contributed by atoms with Gasteiger partial charge in [-0.1, -0.05) is 23.7 Å². The van der Waals surface area contributed by atoms with Crippen LogP contribution in [0.3, 0.4) is 0 Å². The minimum Gasteiger partial charge on any atom is -0.497 e. The van der Waals surface area contributed by atoms with Gasteiger partial charge >= 0.3 is 12.0 Å². The second-order valence-electron chi connectivity index (χ2n) is 6.75. The number of urea groups is 1. The van der Waals surface area contributed by atoms with Gasteiger partial charge in [0.1, 0.15) is 16.4 Å². The average Bonchev–Trinajstić information content (AvgIpc) is 2.77. The molecular weight excluding hydrogens is 460 g/mol. The number of esters is 1. The number of nitrogens with one attached hydrogen (secondary N) is 2. The first kappa shape index (κ1) is 23.4. The SMILES string of the molecule is COC(=O)C1=C(CS(=O)(=O)c2cc(OC)ccc2OC)NC(=O)N[C@@H]1c1cccc(Cl)c1. The maximum Gasteiger partial charge on any atom is 0.338 e. The largest absolute Gasteiger partial charge is 0.497 e. The van der Waals surface area contributed by atoms with Crippen LogP contribution in [-0.4, -0.2) is 47.5 Å². The lowest BCUT2D eigenvalue weighted by atomic mass is 9.95. The van der Waals surface area contributed by atoms with Crippen LogP contribution in [-0.2, 0) is 19.4 Å². The van der Waals surface area contributed by atoms with Crippen molar-refractivity contribution in [1.82, 2.24) is 10.6 Å². The second-order valence-corrected chi connectivity index (χ2v) is 9.14. The molecule has 0 saturated carbocycles. The van der Waals surface area contributed by atoms with Crippen LogP contribution in [0.2, 0.25) is 5.02 Å². The van der Waals surface area contributed by atoms with Crippen molar-refractivity contribution in [2.45, 2.75) is 10.9 Å². The monoisotopic (exact) mass is 480 g/mol. The molecule has 0 aromatic heterocycles. The van der Waals surface area contributed by atoms with E-state index in [1.165, 1.54) is 26.4 Å². The molecule has 0 fully saturated rings. The lowest BCUT2D eigenvalue weighted by molar-refractivity contribution is -0.136. The van der Waals surface area contributed by atoms with Gasteiger partial charge in [-0.15, -0.1) is 0 Å². The van der Waals surface area contributed by atoms with Gasteiger partial charge < -0.3 is 24.8 Å². The van der Waals surface area contributed by atoms with E-state index in [9.17, 15) is 18.0 Å². The van der Waals surface area contributed by atoms with Gasteiger partial charge in [0.2, 0.25) is 0 Å². The number of hydrogen-bond donors (Lipinski definition) is 2. The van der Waals surface area contributed by atoms with Crippen LogP contribution < -0.4 is 20.1 Å². The van der Waals surface area contributed by atoms with Crippen molar-refractivity contribution in [1.29, 1.82) is 0 Å². The predicted octanol–water partition coefficient (Wildman–Crippen LogP) is 2.61. The van der Waals surface area contributed by atoms with E-state index in [1.54, 1.807) is 30.3 Å². The Bertz CT molecular complexity index is 1190. The lowest BCUT2D eigenvalue weighted by Crippen LogP contribution is -2.47. The van der Waals surface area contributed by atoms with Crippen molar-refractivity contribution < 1.29 is 32.2 Å². The van der Waals surface area contributed by atoms with E-state index in [0.29, 0.717) is 16.3 Å². The third kappa shape index (κ3) is 4.81. The number of halogens is 1. The van der Waals surface area contributed by atoms with Crippen molar-refractivity contribution in [3.05, 3.63) is 64.3 Å². The molecule has 2 aromatic carbocycles. The topological polar surface area (TPSA) is 120 Å². The summed E-state index contributed by atoms with van der Waals surface area (Å²) in [6.07, 6.45) is 0. The molecular formula is C21H21ClN2O7S. The summed E-state index contributed by atoms with van der Waals surface area (Å²) < 4.78 is 41.8. The third-order valence-corrected chi connectivity index (χ3v) is 6.67. The molecule has 0 spiro atoms. The van der Waals surface area contributed by atoms with Crippen LogP contribution in [0.5, 0.6) is 11.5 Å². The molecule has 1 aliphatic rings. The molecule has 2 amide bonds. The molecule has 0 unspecified atom stereocenters. The first-order valence-electron chi connectivity index (χ1n) is 9.29. The molecule has 0 aliphatic carbocycles. The molecule has 9 nitrogen and oxygen atoms in total. The van der Waals surface area contributed by atoms with Gasteiger partial charge in [0.15, 0.2) is 9.84 Å². The van der Waals surface area contributed by atoms with E-state index >= 15 is 0 Å². The van der Waals surface area contributed by atoms with E-state index in [0.717, 1.165) is 7.11 Å². The van der Waals surface area contributed by atoms with Crippen LogP contribution in [0, 0.1) is 0 Å². The van der Waals surface area contributed by atoms with E-state index in [2.05, 4.69) is 10.6 Å². The standard InChI is InChI=1S/C21H21ClN2O7S/c1-29-14-7-8-16(30-2)17(10-14)32(27,28)11-15-18(20(25)31-3)19(24-21(26)23-15)12-5-4-6-13(22)9-12/h4-10,19H,11H2,1-3H3,(H2,23,24,26)/t19-/m1/s1. The molecule has 1 aliphatic heterocycles. The minimum atomic E-state index is -4.09. The van der Waals surface area contributed by atoms with Crippen LogP contribution >= 0.6 is 11.6 Å². The fourth-order valence-electron chi connectivity index (χ4n) is 3.31. The first-order valence-corrected chi connectivity index (χ1v) is 11.3. The fraction of sp³-hybridized carbons (Fsp3) is 0.238. The molecule has 2 aromatic rings. The van der Waals surface area contributed by atoms with Gasteiger partial charge in [-0.05, 0) is 29.8 Å². The Morgan fingerprint density at radius 2 is 1.84 bits per heavy atom. The van der Waals surface area contributed by atoms with Crippen molar-refractivity contribution >= 4 is 33.4 Å². The molecule has 3 rings (SSSR count). The maximum atomic E-state index is 13.3. The number of benzene rings is 2. The van der Waals surface area contributed by atoms with Crippen LogP contribution in [0.1, 0.15) is 11.6 Å². The highest BCUT2D eigenvalue weighted by Gasteiger charge is 2.36. The zero-order chi connectivity index (χ0) is 23.5. The third-order valence-electron chi connectivity index (χ3n) is 4.78. The summed E-state index contributed by atoms with van der Waals surface area (Å²) in [6.45, 7) is 0. The van der Waals surface area contributed by atoms with Crippen LogP contribution in [0.15, 0.2) is 58.6 Å². The highest BCUT2D eigenvalue weighted by atomic mass is 35.5. The highest BCUT2D eigenvalue weighted by Crippen LogP contribution is 2.33. The summed E-state index contributed by atoms with van der Waals surface area (Å²) in [7, 11) is -0.185. The average molecular weight is 481 g/mol.